The van der Waals surface area contributed by atoms with E-state index in [1.807, 2.05) is 30.4 Å². The highest BCUT2D eigenvalue weighted by atomic mass is 16.6. The molecule has 13 heavy (non-hydrogen) atoms. The molecule has 0 aromatic rings. The fraction of sp³-hybridized carbons (Fsp3) is 0.333. The third-order valence-electron chi connectivity index (χ3n) is 1.52. The monoisotopic (exact) mass is 183 g/mol. The summed E-state index contributed by atoms with van der Waals surface area (Å²) in [5, 5.41) is 18.0. The zero-order chi connectivity index (χ0) is 9.52. The van der Waals surface area contributed by atoms with E-state index in [1.54, 1.807) is 0 Å². The fourth-order valence-corrected chi connectivity index (χ4v) is 0.863. The van der Waals surface area contributed by atoms with Gasteiger partial charge in [-0.1, -0.05) is 24.3 Å². The normalized spacial score (nSPS) is 15.8. The predicted molar refractivity (Wildman–Crippen MR) is 47.6 cm³/mol. The Hall–Kier alpha value is -1.10. The lowest BCUT2D eigenvalue weighted by atomic mass is 10.3. The average Bonchev–Trinajstić information content (AvgIpc) is 2.42. The number of rotatable bonds is 4. The highest BCUT2D eigenvalue weighted by Crippen LogP contribution is 2.08. The van der Waals surface area contributed by atoms with Crippen LogP contribution in [0.2, 0.25) is 0 Å². The molecule has 2 N–H and O–H groups in total. The Kier molecular flexibility index (Phi) is 4.25. The van der Waals surface area contributed by atoms with Crippen molar-refractivity contribution in [3.8, 4) is 0 Å². The minimum absolute atomic E-state index is 0.0238. The Bertz CT molecular complexity index is 233. The number of hydrogen-bond acceptors (Lipinski definition) is 4. The number of allylic oxidation sites excluding steroid dienone is 5. The smallest absolute Gasteiger partial charge is 0.165 e. The van der Waals surface area contributed by atoms with Gasteiger partial charge in [0.1, 0.15) is 12.5 Å². The molecule has 0 unspecified atom stereocenters. The third kappa shape index (κ3) is 3.89. The Morgan fingerprint density at radius 3 is 3.00 bits per heavy atom. The van der Waals surface area contributed by atoms with Gasteiger partial charge in [-0.05, 0) is 6.08 Å². The van der Waals surface area contributed by atoms with Gasteiger partial charge in [0.15, 0.2) is 6.73 Å². The first-order chi connectivity index (χ1) is 6.33. The second-order valence-corrected chi connectivity index (χ2v) is 2.57. The van der Waals surface area contributed by atoms with Crippen molar-refractivity contribution in [1.82, 2.24) is 5.06 Å². The lowest BCUT2D eigenvalue weighted by Gasteiger charge is -2.13. The minimum atomic E-state index is -0.432. The van der Waals surface area contributed by atoms with Crippen LogP contribution in [-0.2, 0) is 4.74 Å². The van der Waals surface area contributed by atoms with Crippen molar-refractivity contribution in [1.29, 1.82) is 0 Å². The molecule has 0 radical (unpaired) electrons. The number of ether oxygens (including phenoxy) is 1. The molecule has 1 aliphatic carbocycles. The van der Waals surface area contributed by atoms with Crippen molar-refractivity contribution < 1.29 is 15.1 Å². The second kappa shape index (κ2) is 5.53. The van der Waals surface area contributed by atoms with Crippen molar-refractivity contribution in [3.63, 3.8) is 0 Å². The van der Waals surface area contributed by atoms with Gasteiger partial charge in [-0.15, -0.1) is 5.06 Å². The Morgan fingerprint density at radius 1 is 1.38 bits per heavy atom. The molecule has 4 heteroatoms. The molecule has 0 spiro atoms. The van der Waals surface area contributed by atoms with E-state index in [2.05, 4.69) is 0 Å². The largest absolute Gasteiger partial charge is 0.480 e. The van der Waals surface area contributed by atoms with Crippen molar-refractivity contribution in [2.75, 3.05) is 13.5 Å². The molecule has 0 amide bonds. The summed E-state index contributed by atoms with van der Waals surface area (Å²) in [6, 6.07) is 0. The van der Waals surface area contributed by atoms with Crippen LogP contribution < -0.4 is 0 Å². The van der Waals surface area contributed by atoms with E-state index in [0.717, 1.165) is 5.76 Å². The van der Waals surface area contributed by atoms with Gasteiger partial charge in [-0.3, -0.25) is 0 Å². The Balaban J connectivity index is 2.32. The number of hydroxylamine groups is 2. The van der Waals surface area contributed by atoms with Crippen LogP contribution in [0.3, 0.4) is 0 Å². The molecular formula is C9H13NO3. The van der Waals surface area contributed by atoms with E-state index in [0.29, 0.717) is 11.5 Å². The van der Waals surface area contributed by atoms with Gasteiger partial charge >= 0.3 is 0 Å². The summed E-state index contributed by atoms with van der Waals surface area (Å²) in [6.45, 7) is -0.455. The average molecular weight is 183 g/mol. The van der Waals surface area contributed by atoms with Crippen molar-refractivity contribution in [2.45, 2.75) is 6.42 Å². The zero-order valence-electron chi connectivity index (χ0n) is 7.26. The van der Waals surface area contributed by atoms with Crippen molar-refractivity contribution in [3.05, 3.63) is 36.1 Å². The van der Waals surface area contributed by atoms with Gasteiger partial charge < -0.3 is 15.1 Å². The van der Waals surface area contributed by atoms with Crippen LogP contribution >= 0.6 is 0 Å². The molecular weight excluding hydrogens is 170 g/mol. The first-order valence-electron chi connectivity index (χ1n) is 4.03. The molecule has 0 bridgehead atoms. The van der Waals surface area contributed by atoms with Crippen LogP contribution in [0, 0.1) is 0 Å². The molecule has 1 aliphatic rings. The van der Waals surface area contributed by atoms with Crippen molar-refractivity contribution >= 4 is 0 Å². The summed E-state index contributed by atoms with van der Waals surface area (Å²) in [4.78, 5) is 0. The summed E-state index contributed by atoms with van der Waals surface area (Å²) >= 11 is 0. The fourth-order valence-electron chi connectivity index (χ4n) is 0.863. The standard InChI is InChI=1S/C9H13NO3/c11-7-10(12)8-13-9-5-3-1-2-4-6-9/h1-5,11-12H,6-8H2. The summed E-state index contributed by atoms with van der Waals surface area (Å²) in [7, 11) is 0. The first kappa shape index (κ1) is 9.98. The first-order valence-corrected chi connectivity index (χ1v) is 4.03. The topological polar surface area (TPSA) is 52.9 Å². The molecule has 0 fully saturated rings. The lowest BCUT2D eigenvalue weighted by molar-refractivity contribution is -0.188. The second-order valence-electron chi connectivity index (χ2n) is 2.57. The van der Waals surface area contributed by atoms with Gasteiger partial charge in [0.05, 0.1) is 0 Å². The van der Waals surface area contributed by atoms with Crippen LogP contribution in [0.25, 0.3) is 0 Å². The number of nitrogens with zero attached hydrogens (tertiary/aromatic N) is 1. The maximum atomic E-state index is 8.85. The summed E-state index contributed by atoms with van der Waals surface area (Å²) in [6.07, 6.45) is 10.2. The highest BCUT2D eigenvalue weighted by molar-refractivity contribution is 5.19. The minimum Gasteiger partial charge on any atom is -0.480 e. The van der Waals surface area contributed by atoms with E-state index in [-0.39, 0.29) is 6.73 Å². The Morgan fingerprint density at radius 2 is 2.23 bits per heavy atom. The summed E-state index contributed by atoms with van der Waals surface area (Å²) in [5.41, 5.74) is 0. The molecule has 1 rings (SSSR count). The van der Waals surface area contributed by atoms with Crippen LogP contribution in [0.5, 0.6) is 0 Å². The maximum Gasteiger partial charge on any atom is 0.165 e. The quantitative estimate of drug-likeness (QED) is 0.504. The van der Waals surface area contributed by atoms with Crippen LogP contribution in [0.1, 0.15) is 6.42 Å². The molecule has 0 saturated carbocycles. The molecule has 4 nitrogen and oxygen atoms in total. The van der Waals surface area contributed by atoms with E-state index >= 15 is 0 Å². The molecule has 0 aromatic heterocycles. The predicted octanol–water partition coefficient (Wildman–Crippen LogP) is 1.00. The molecule has 0 atom stereocenters. The van der Waals surface area contributed by atoms with E-state index < -0.39 is 6.73 Å². The highest BCUT2D eigenvalue weighted by Gasteiger charge is 2.00. The van der Waals surface area contributed by atoms with Crippen LogP contribution in [0.15, 0.2) is 36.1 Å². The van der Waals surface area contributed by atoms with Crippen LogP contribution in [-0.4, -0.2) is 28.8 Å². The van der Waals surface area contributed by atoms with Gasteiger partial charge in [-0.25, -0.2) is 0 Å². The summed E-state index contributed by atoms with van der Waals surface area (Å²) < 4.78 is 5.19. The molecule has 72 valence electrons. The Labute approximate surface area is 77.0 Å². The molecule has 0 heterocycles. The maximum absolute atomic E-state index is 8.85. The van der Waals surface area contributed by atoms with E-state index in [9.17, 15) is 0 Å². The number of hydrogen-bond donors (Lipinski definition) is 2. The lowest BCUT2D eigenvalue weighted by Crippen LogP contribution is -2.23. The van der Waals surface area contributed by atoms with Gasteiger partial charge in [-0.2, -0.15) is 0 Å². The van der Waals surface area contributed by atoms with Crippen LogP contribution in [0.4, 0.5) is 0 Å². The SMILES string of the molecule is OCN(O)COC1=CC=CC=CC1. The summed E-state index contributed by atoms with van der Waals surface area (Å²) in [5.74, 6) is 0.762. The van der Waals surface area contributed by atoms with E-state index in [1.165, 1.54) is 0 Å². The number of aliphatic hydroxyl groups excluding tert-OH is 1. The van der Waals surface area contributed by atoms with Gasteiger partial charge in [0.25, 0.3) is 0 Å². The van der Waals surface area contributed by atoms with Gasteiger partial charge in [0, 0.05) is 6.42 Å². The zero-order valence-corrected chi connectivity index (χ0v) is 7.26. The third-order valence-corrected chi connectivity index (χ3v) is 1.52. The van der Waals surface area contributed by atoms with E-state index in [4.69, 9.17) is 15.1 Å². The molecule has 0 aromatic carbocycles. The van der Waals surface area contributed by atoms with Crippen molar-refractivity contribution in [2.24, 2.45) is 0 Å². The number of aliphatic hydroxyl groups is 1. The molecule has 0 aliphatic heterocycles. The van der Waals surface area contributed by atoms with Gasteiger partial charge in [0.2, 0.25) is 0 Å². The molecule has 0 saturated heterocycles.